The van der Waals surface area contributed by atoms with Gasteiger partial charge in [-0.05, 0) is 55.7 Å². The average Bonchev–Trinajstić information content (AvgIpc) is 2.77. The lowest BCUT2D eigenvalue weighted by atomic mass is 9.86. The Bertz CT molecular complexity index is 973. The Kier molecular flexibility index (Phi) is 7.17. The zero-order valence-corrected chi connectivity index (χ0v) is 20.5. The molecule has 1 aliphatic carbocycles. The number of benzene rings is 1. The zero-order chi connectivity index (χ0) is 22.9. The van der Waals surface area contributed by atoms with Gasteiger partial charge in [-0.3, -0.25) is 9.59 Å². The third-order valence-corrected chi connectivity index (χ3v) is 9.96. The van der Waals surface area contributed by atoms with Crippen LogP contribution in [0.3, 0.4) is 0 Å². The molecule has 1 aromatic carbocycles. The summed E-state index contributed by atoms with van der Waals surface area (Å²) in [6.45, 7) is 5.24. The van der Waals surface area contributed by atoms with E-state index in [1.54, 1.807) is 18.2 Å². The maximum atomic E-state index is 13.2. The summed E-state index contributed by atoms with van der Waals surface area (Å²) in [6, 6.07) is 5.10. The van der Waals surface area contributed by atoms with Gasteiger partial charge in [-0.1, -0.05) is 26.7 Å². The molecule has 3 aliphatic rings. The van der Waals surface area contributed by atoms with Crippen molar-refractivity contribution in [3.8, 4) is 0 Å². The Labute approximate surface area is 195 Å². The minimum Gasteiger partial charge on any atom is -0.352 e. The van der Waals surface area contributed by atoms with Gasteiger partial charge in [-0.25, -0.2) is 8.42 Å². The molecule has 0 bridgehead atoms. The molecule has 4 rings (SSSR count). The van der Waals surface area contributed by atoms with Gasteiger partial charge in [0.25, 0.3) is 0 Å². The number of hydrogen-bond acceptors (Lipinski definition) is 5. The first kappa shape index (κ1) is 23.6. The number of nitrogens with one attached hydrogen (secondary N) is 1. The third-order valence-electron chi connectivity index (χ3n) is 7.01. The van der Waals surface area contributed by atoms with Crippen molar-refractivity contribution in [1.82, 2.24) is 9.62 Å². The minimum atomic E-state index is -3.63. The number of carbonyl (C=O) groups excluding carboxylic acids is 2. The lowest BCUT2D eigenvalue weighted by Gasteiger charge is -2.33. The van der Waals surface area contributed by atoms with Crippen molar-refractivity contribution >= 4 is 39.3 Å². The van der Waals surface area contributed by atoms with Crippen LogP contribution in [0.25, 0.3) is 0 Å². The summed E-state index contributed by atoms with van der Waals surface area (Å²) < 4.78 is 28.0. The highest BCUT2D eigenvalue weighted by Crippen LogP contribution is 2.38. The van der Waals surface area contributed by atoms with Gasteiger partial charge in [-0.15, -0.1) is 11.8 Å². The van der Waals surface area contributed by atoms with E-state index < -0.39 is 10.0 Å². The Hall–Kier alpha value is -1.58. The number of piperidine rings is 1. The van der Waals surface area contributed by atoms with E-state index in [1.165, 1.54) is 27.4 Å². The number of sulfonamides is 1. The molecule has 2 fully saturated rings. The molecule has 2 atom stereocenters. The quantitative estimate of drug-likeness (QED) is 0.701. The Morgan fingerprint density at radius 2 is 1.84 bits per heavy atom. The number of carbonyl (C=O) groups is 2. The number of nitrogens with zero attached hydrogens (tertiary/aromatic N) is 2. The number of thioether (sulfide) groups is 1. The van der Waals surface area contributed by atoms with Crippen molar-refractivity contribution in [2.45, 2.75) is 68.2 Å². The summed E-state index contributed by atoms with van der Waals surface area (Å²) in [7, 11) is -3.63. The molecule has 2 amide bonds. The predicted octanol–water partition coefficient (Wildman–Crippen LogP) is 3.24. The number of rotatable bonds is 5. The second-order valence-corrected chi connectivity index (χ2v) is 12.4. The summed E-state index contributed by atoms with van der Waals surface area (Å²) in [5.74, 6) is 0.844. The summed E-state index contributed by atoms with van der Waals surface area (Å²) in [5, 5.41) is 3.10. The molecule has 0 aromatic heterocycles. The first-order valence-corrected chi connectivity index (χ1v) is 14.0. The van der Waals surface area contributed by atoms with Crippen LogP contribution in [-0.4, -0.2) is 56.0 Å². The largest absolute Gasteiger partial charge is 0.352 e. The molecule has 32 heavy (non-hydrogen) atoms. The van der Waals surface area contributed by atoms with Crippen LogP contribution in [0.4, 0.5) is 5.69 Å². The molecule has 0 unspecified atom stereocenters. The average molecular weight is 480 g/mol. The van der Waals surface area contributed by atoms with Crippen molar-refractivity contribution in [2.75, 3.05) is 30.3 Å². The second kappa shape index (κ2) is 9.73. The molecule has 2 heterocycles. The highest BCUT2D eigenvalue weighted by Gasteiger charge is 2.32. The van der Waals surface area contributed by atoms with Gasteiger partial charge in [0, 0.05) is 24.0 Å². The number of hydrogen-bond donors (Lipinski definition) is 1. The Morgan fingerprint density at radius 3 is 2.56 bits per heavy atom. The Balaban J connectivity index is 1.54. The van der Waals surface area contributed by atoms with Gasteiger partial charge in [0.2, 0.25) is 21.8 Å². The zero-order valence-electron chi connectivity index (χ0n) is 18.9. The van der Waals surface area contributed by atoms with E-state index in [4.69, 9.17) is 0 Å². The monoisotopic (exact) mass is 479 g/mol. The molecular formula is C23H33N3O4S2. The second-order valence-electron chi connectivity index (χ2n) is 9.42. The van der Waals surface area contributed by atoms with Crippen molar-refractivity contribution in [1.29, 1.82) is 0 Å². The number of amides is 2. The van der Waals surface area contributed by atoms with Gasteiger partial charge >= 0.3 is 0 Å². The van der Waals surface area contributed by atoms with Crippen LogP contribution in [0.1, 0.15) is 52.4 Å². The minimum absolute atomic E-state index is 0.0830. The molecule has 1 saturated heterocycles. The van der Waals surface area contributed by atoms with Crippen LogP contribution in [0.2, 0.25) is 0 Å². The molecule has 9 heteroatoms. The fourth-order valence-electron chi connectivity index (χ4n) is 4.82. The summed E-state index contributed by atoms with van der Waals surface area (Å²) in [5.41, 5.74) is 0.518. The van der Waals surface area contributed by atoms with E-state index in [-0.39, 0.29) is 35.0 Å². The van der Waals surface area contributed by atoms with Crippen LogP contribution in [0.5, 0.6) is 0 Å². The molecule has 1 saturated carbocycles. The molecule has 176 valence electrons. The van der Waals surface area contributed by atoms with Gasteiger partial charge in [-0.2, -0.15) is 4.31 Å². The maximum absolute atomic E-state index is 13.2. The first-order chi connectivity index (χ1) is 15.3. The molecular weight excluding hydrogens is 446 g/mol. The van der Waals surface area contributed by atoms with E-state index in [1.807, 2.05) is 0 Å². The van der Waals surface area contributed by atoms with Gasteiger partial charge in [0.05, 0.1) is 16.3 Å². The molecule has 0 spiro atoms. The SMILES string of the molecule is CC1CCN(S(=O)(=O)c2ccc3c(c2)N(CC(=O)N[C@@H]2CCCC[C@@H]2C)C(=O)CS3)CC1. The lowest BCUT2D eigenvalue weighted by Crippen LogP contribution is -2.48. The fraction of sp³-hybridized carbons (Fsp3) is 0.652. The molecule has 7 nitrogen and oxygen atoms in total. The summed E-state index contributed by atoms with van der Waals surface area (Å²) in [6.07, 6.45) is 6.06. The van der Waals surface area contributed by atoms with Crippen LogP contribution >= 0.6 is 11.8 Å². The highest BCUT2D eigenvalue weighted by molar-refractivity contribution is 8.00. The van der Waals surface area contributed by atoms with Gasteiger partial charge < -0.3 is 10.2 Å². The fourth-order valence-corrected chi connectivity index (χ4v) is 7.22. The Morgan fingerprint density at radius 1 is 1.12 bits per heavy atom. The van der Waals surface area contributed by atoms with E-state index in [2.05, 4.69) is 19.2 Å². The van der Waals surface area contributed by atoms with Gasteiger partial charge in [0.15, 0.2) is 0 Å². The highest BCUT2D eigenvalue weighted by atomic mass is 32.2. The maximum Gasteiger partial charge on any atom is 0.243 e. The van der Waals surface area contributed by atoms with Crippen molar-refractivity contribution < 1.29 is 18.0 Å². The molecule has 1 N–H and O–H groups in total. The van der Waals surface area contributed by atoms with E-state index in [9.17, 15) is 18.0 Å². The van der Waals surface area contributed by atoms with E-state index >= 15 is 0 Å². The van der Waals surface area contributed by atoms with Crippen LogP contribution in [0.15, 0.2) is 28.0 Å². The first-order valence-electron chi connectivity index (χ1n) is 11.6. The predicted molar refractivity (Wildman–Crippen MR) is 126 cm³/mol. The van der Waals surface area contributed by atoms with Crippen molar-refractivity contribution in [3.05, 3.63) is 18.2 Å². The molecule has 2 aliphatic heterocycles. The standard InChI is InChI=1S/C23H33N3O4S2/c1-16-9-11-25(12-10-16)32(29,30)18-7-8-21-20(13-18)26(23(28)15-31-21)14-22(27)24-19-6-4-3-5-17(19)2/h7-8,13,16-17,19H,3-6,9-12,14-15H2,1-2H3,(H,24,27)/t17-,19+/m0/s1. The smallest absolute Gasteiger partial charge is 0.243 e. The van der Waals surface area contributed by atoms with E-state index in [0.29, 0.717) is 30.6 Å². The van der Waals surface area contributed by atoms with Crippen LogP contribution < -0.4 is 10.2 Å². The topological polar surface area (TPSA) is 86.8 Å². The van der Waals surface area contributed by atoms with Gasteiger partial charge in [0.1, 0.15) is 6.54 Å². The molecule has 1 aromatic rings. The molecule has 0 radical (unpaired) electrons. The van der Waals surface area contributed by atoms with Crippen molar-refractivity contribution in [2.24, 2.45) is 11.8 Å². The normalized spacial score (nSPS) is 25.4. The number of anilines is 1. The summed E-state index contributed by atoms with van der Waals surface area (Å²) >= 11 is 1.39. The van der Waals surface area contributed by atoms with Crippen molar-refractivity contribution in [3.63, 3.8) is 0 Å². The third kappa shape index (κ3) is 4.99. The number of fused-ring (bicyclic) bond motifs is 1. The summed E-state index contributed by atoms with van der Waals surface area (Å²) in [4.78, 5) is 28.0. The van der Waals surface area contributed by atoms with Crippen LogP contribution in [-0.2, 0) is 19.6 Å². The van der Waals surface area contributed by atoms with Crippen LogP contribution in [0, 0.1) is 11.8 Å². The van der Waals surface area contributed by atoms with E-state index in [0.717, 1.165) is 37.0 Å². The lowest BCUT2D eigenvalue weighted by molar-refractivity contribution is -0.123.